The number of carbonyl (C=O) groups is 1. The van der Waals surface area contributed by atoms with Crippen LogP contribution in [0.3, 0.4) is 0 Å². The van der Waals surface area contributed by atoms with Crippen molar-refractivity contribution in [2.75, 3.05) is 13.6 Å². The number of nitriles is 1. The topological polar surface area (TPSA) is 61.9 Å². The molecule has 0 saturated heterocycles. The zero-order chi connectivity index (χ0) is 13.0. The van der Waals surface area contributed by atoms with Crippen molar-refractivity contribution in [3.05, 3.63) is 17.5 Å². The van der Waals surface area contributed by atoms with Crippen LogP contribution in [-0.4, -0.2) is 34.2 Å². The normalized spacial score (nSPS) is 11.9. The fraction of sp³-hybridized carbons (Fsp3) is 0.583. The Morgan fingerprint density at radius 2 is 2.35 bits per heavy atom. The lowest BCUT2D eigenvalue weighted by Gasteiger charge is -2.17. The molecule has 0 aliphatic rings. The molecule has 1 aromatic rings. The fourth-order valence-electron chi connectivity index (χ4n) is 1.71. The van der Waals surface area contributed by atoms with E-state index in [-0.39, 0.29) is 11.8 Å². The molecule has 1 heterocycles. The third-order valence-corrected chi connectivity index (χ3v) is 2.59. The van der Waals surface area contributed by atoms with Gasteiger partial charge in [-0.25, -0.2) is 0 Å². The van der Waals surface area contributed by atoms with E-state index in [0.29, 0.717) is 12.1 Å². The molecule has 0 spiro atoms. The van der Waals surface area contributed by atoms with Crippen LogP contribution in [0.1, 0.15) is 29.9 Å². The molecule has 0 fully saturated rings. The summed E-state index contributed by atoms with van der Waals surface area (Å²) in [7, 11) is 3.51. The molecule has 0 bridgehead atoms. The van der Waals surface area contributed by atoms with E-state index < -0.39 is 0 Å². The van der Waals surface area contributed by atoms with Crippen molar-refractivity contribution in [3.8, 4) is 6.07 Å². The van der Waals surface area contributed by atoms with E-state index in [1.165, 1.54) is 0 Å². The minimum Gasteiger partial charge on any atom is -0.340 e. The van der Waals surface area contributed by atoms with Crippen molar-refractivity contribution in [3.63, 3.8) is 0 Å². The van der Waals surface area contributed by atoms with Gasteiger partial charge in [-0.1, -0.05) is 6.92 Å². The highest BCUT2D eigenvalue weighted by molar-refractivity contribution is 5.95. The maximum absolute atomic E-state index is 12.2. The Labute approximate surface area is 102 Å². The van der Waals surface area contributed by atoms with Crippen molar-refractivity contribution in [2.45, 2.75) is 20.3 Å². The van der Waals surface area contributed by atoms with Crippen LogP contribution in [0.2, 0.25) is 0 Å². The van der Waals surface area contributed by atoms with E-state index in [9.17, 15) is 4.79 Å². The zero-order valence-corrected chi connectivity index (χ0v) is 10.8. The van der Waals surface area contributed by atoms with Gasteiger partial charge in [-0.3, -0.25) is 9.48 Å². The molecule has 1 rings (SSSR count). The van der Waals surface area contributed by atoms with Gasteiger partial charge in [0.15, 0.2) is 0 Å². The second-order valence-electron chi connectivity index (χ2n) is 4.23. The summed E-state index contributed by atoms with van der Waals surface area (Å²) in [4.78, 5) is 13.7. The molecule has 0 saturated carbocycles. The first kappa shape index (κ1) is 13.2. The first-order chi connectivity index (χ1) is 7.99. The second kappa shape index (κ2) is 5.48. The Balaban J connectivity index is 2.85. The minimum absolute atomic E-state index is 0.0722. The Kier molecular flexibility index (Phi) is 4.27. The van der Waals surface area contributed by atoms with Gasteiger partial charge in [-0.2, -0.15) is 10.4 Å². The number of carbonyl (C=O) groups excluding carboxylic acids is 1. The number of hydrogen-bond donors (Lipinski definition) is 0. The molecule has 17 heavy (non-hydrogen) atoms. The number of aromatic nitrogens is 2. The molecule has 5 nitrogen and oxygen atoms in total. The lowest BCUT2D eigenvalue weighted by molar-refractivity contribution is 0.0784. The van der Waals surface area contributed by atoms with Gasteiger partial charge in [0.05, 0.1) is 23.2 Å². The predicted molar refractivity (Wildman–Crippen MR) is 64.3 cm³/mol. The number of rotatable bonds is 4. The summed E-state index contributed by atoms with van der Waals surface area (Å²) in [6.07, 6.45) is 2.46. The van der Waals surface area contributed by atoms with Gasteiger partial charge in [0.2, 0.25) is 0 Å². The summed E-state index contributed by atoms with van der Waals surface area (Å²) < 4.78 is 1.65. The van der Waals surface area contributed by atoms with Gasteiger partial charge < -0.3 is 4.90 Å². The molecule has 0 aliphatic heterocycles. The molecule has 1 atom stereocenters. The van der Waals surface area contributed by atoms with Crippen LogP contribution in [0.4, 0.5) is 0 Å². The van der Waals surface area contributed by atoms with Crippen molar-refractivity contribution < 1.29 is 4.79 Å². The molecule has 0 aromatic carbocycles. The highest BCUT2D eigenvalue weighted by Gasteiger charge is 2.19. The standard InChI is InChI=1S/C12H18N4O/c1-5-11-10(8-16(4)14-11)12(17)15(3)7-9(2)6-13/h8-9H,5,7H2,1-4H3. The maximum Gasteiger partial charge on any atom is 0.257 e. The van der Waals surface area contributed by atoms with Gasteiger partial charge in [0.1, 0.15) is 0 Å². The predicted octanol–water partition coefficient (Wildman–Crippen LogP) is 1.21. The van der Waals surface area contributed by atoms with Crippen LogP contribution in [-0.2, 0) is 13.5 Å². The van der Waals surface area contributed by atoms with Crippen LogP contribution in [0.25, 0.3) is 0 Å². The Bertz CT molecular complexity index is 444. The Morgan fingerprint density at radius 3 is 2.88 bits per heavy atom. The molecule has 5 heteroatoms. The van der Waals surface area contributed by atoms with Crippen molar-refractivity contribution in [2.24, 2.45) is 13.0 Å². The Hall–Kier alpha value is -1.83. The summed E-state index contributed by atoms with van der Waals surface area (Å²) in [6, 6.07) is 2.12. The van der Waals surface area contributed by atoms with Crippen LogP contribution >= 0.6 is 0 Å². The molecule has 1 unspecified atom stereocenters. The monoisotopic (exact) mass is 234 g/mol. The zero-order valence-electron chi connectivity index (χ0n) is 10.8. The fourth-order valence-corrected chi connectivity index (χ4v) is 1.71. The largest absolute Gasteiger partial charge is 0.340 e. The smallest absolute Gasteiger partial charge is 0.257 e. The first-order valence-electron chi connectivity index (χ1n) is 5.67. The van der Waals surface area contributed by atoms with Crippen LogP contribution in [0.15, 0.2) is 6.20 Å². The summed E-state index contributed by atoms with van der Waals surface area (Å²) in [5.74, 6) is -0.234. The highest BCUT2D eigenvalue weighted by Crippen LogP contribution is 2.11. The minimum atomic E-state index is -0.161. The quantitative estimate of drug-likeness (QED) is 0.786. The van der Waals surface area contributed by atoms with Gasteiger partial charge in [-0.05, 0) is 13.3 Å². The molecule has 0 radical (unpaired) electrons. The third-order valence-electron chi connectivity index (χ3n) is 2.59. The van der Waals surface area contributed by atoms with Gasteiger partial charge in [0.25, 0.3) is 5.91 Å². The number of nitrogens with zero attached hydrogens (tertiary/aromatic N) is 4. The van der Waals surface area contributed by atoms with Gasteiger partial charge >= 0.3 is 0 Å². The lowest BCUT2D eigenvalue weighted by Crippen LogP contribution is -2.31. The average Bonchev–Trinajstić information content (AvgIpc) is 2.69. The third kappa shape index (κ3) is 3.06. The SMILES string of the molecule is CCc1nn(C)cc1C(=O)N(C)CC(C)C#N. The number of amides is 1. The molecule has 0 N–H and O–H groups in total. The second-order valence-corrected chi connectivity index (χ2v) is 4.23. The number of hydrogen-bond acceptors (Lipinski definition) is 3. The van der Waals surface area contributed by atoms with E-state index >= 15 is 0 Å². The molecular weight excluding hydrogens is 216 g/mol. The van der Waals surface area contributed by atoms with Gasteiger partial charge in [0, 0.05) is 26.8 Å². The van der Waals surface area contributed by atoms with E-state index in [1.807, 2.05) is 6.92 Å². The number of aryl methyl sites for hydroxylation is 2. The van der Waals surface area contributed by atoms with E-state index in [4.69, 9.17) is 5.26 Å². The van der Waals surface area contributed by atoms with Crippen molar-refractivity contribution in [1.29, 1.82) is 5.26 Å². The van der Waals surface area contributed by atoms with Crippen LogP contribution in [0.5, 0.6) is 0 Å². The highest BCUT2D eigenvalue weighted by atomic mass is 16.2. The summed E-state index contributed by atoms with van der Waals surface area (Å²) in [5, 5.41) is 13.0. The van der Waals surface area contributed by atoms with E-state index in [1.54, 1.807) is 36.8 Å². The molecule has 92 valence electrons. The first-order valence-corrected chi connectivity index (χ1v) is 5.67. The lowest BCUT2D eigenvalue weighted by atomic mass is 10.1. The Morgan fingerprint density at radius 1 is 1.71 bits per heavy atom. The van der Waals surface area contributed by atoms with Gasteiger partial charge in [-0.15, -0.1) is 0 Å². The van der Waals surface area contributed by atoms with Crippen molar-refractivity contribution in [1.82, 2.24) is 14.7 Å². The van der Waals surface area contributed by atoms with E-state index in [2.05, 4.69) is 11.2 Å². The maximum atomic E-state index is 12.2. The molecule has 1 amide bonds. The van der Waals surface area contributed by atoms with E-state index in [0.717, 1.165) is 12.1 Å². The molecule has 1 aromatic heterocycles. The summed E-state index contributed by atoms with van der Waals surface area (Å²) in [6.45, 7) is 4.21. The average molecular weight is 234 g/mol. The van der Waals surface area contributed by atoms with Crippen molar-refractivity contribution >= 4 is 5.91 Å². The summed E-state index contributed by atoms with van der Waals surface area (Å²) >= 11 is 0. The summed E-state index contributed by atoms with van der Waals surface area (Å²) in [5.41, 5.74) is 1.43. The molecular formula is C12H18N4O. The van der Waals surface area contributed by atoms with Crippen LogP contribution < -0.4 is 0 Å². The molecule has 0 aliphatic carbocycles. The van der Waals surface area contributed by atoms with Crippen LogP contribution in [0, 0.1) is 17.2 Å².